The second kappa shape index (κ2) is 8.92. The maximum atomic E-state index is 14.8. The van der Waals surface area contributed by atoms with E-state index in [1.54, 1.807) is 6.08 Å². The fourth-order valence-electron chi connectivity index (χ4n) is 6.90. The third kappa shape index (κ3) is 4.15. The quantitative estimate of drug-likeness (QED) is 0.703. The minimum atomic E-state index is -0.145. The predicted molar refractivity (Wildman–Crippen MR) is 122 cm³/mol. The van der Waals surface area contributed by atoms with E-state index >= 15 is 0 Å². The highest BCUT2D eigenvalue weighted by atomic mass is 19.1. The van der Waals surface area contributed by atoms with Crippen molar-refractivity contribution in [3.63, 3.8) is 0 Å². The number of fused-ring (bicyclic) bond motifs is 1. The monoisotopic (exact) mass is 443 g/mol. The molecule has 4 aliphatic carbocycles. The fourth-order valence-corrected chi connectivity index (χ4v) is 6.90. The summed E-state index contributed by atoms with van der Waals surface area (Å²) in [5.41, 5.74) is 1.68. The molecule has 0 radical (unpaired) electrons. The number of hydrogen-bond acceptors (Lipinski definition) is 3. The summed E-state index contributed by atoms with van der Waals surface area (Å²) in [7, 11) is 0. The van der Waals surface area contributed by atoms with Crippen LogP contribution in [0.4, 0.5) is 4.39 Å². The molecular formula is C26H38FN3O2. The normalized spacial score (nSPS) is 35.7. The molecule has 2 amide bonds. The van der Waals surface area contributed by atoms with Gasteiger partial charge in [-0.15, -0.1) is 0 Å². The molecule has 5 rings (SSSR count). The average Bonchev–Trinajstić information content (AvgIpc) is 3.16. The molecule has 0 spiro atoms. The zero-order chi connectivity index (χ0) is 22.4. The Hall–Kier alpha value is -1.69. The van der Waals surface area contributed by atoms with Crippen molar-refractivity contribution in [1.82, 2.24) is 15.1 Å². The Morgan fingerprint density at radius 2 is 1.81 bits per heavy atom. The predicted octanol–water partition coefficient (Wildman–Crippen LogP) is 3.81. The molecule has 6 heteroatoms. The van der Waals surface area contributed by atoms with Gasteiger partial charge in [-0.3, -0.25) is 14.5 Å². The minimum absolute atomic E-state index is 0.0963. The van der Waals surface area contributed by atoms with Crippen LogP contribution in [0.5, 0.6) is 0 Å². The first-order chi connectivity index (χ1) is 15.4. The molecule has 4 atom stereocenters. The van der Waals surface area contributed by atoms with Crippen LogP contribution in [0.15, 0.2) is 23.0 Å². The molecule has 0 aromatic carbocycles. The summed E-state index contributed by atoms with van der Waals surface area (Å²) in [6.45, 7) is 6.90. The molecular weight excluding hydrogens is 405 g/mol. The number of hydrogen-bond donors (Lipinski definition) is 1. The summed E-state index contributed by atoms with van der Waals surface area (Å²) in [5.74, 6) is 1.95. The zero-order valence-corrected chi connectivity index (χ0v) is 19.6. The molecule has 0 bridgehead atoms. The van der Waals surface area contributed by atoms with E-state index in [-0.39, 0.29) is 35.7 Å². The van der Waals surface area contributed by atoms with E-state index in [1.807, 2.05) is 6.92 Å². The Bertz CT molecular complexity index is 821. The van der Waals surface area contributed by atoms with Crippen molar-refractivity contribution >= 4 is 11.8 Å². The second-order valence-electron chi connectivity index (χ2n) is 10.9. The van der Waals surface area contributed by atoms with E-state index in [0.29, 0.717) is 30.7 Å². The van der Waals surface area contributed by atoms with Crippen molar-refractivity contribution in [3.8, 4) is 0 Å². The molecule has 1 heterocycles. The molecule has 5 aliphatic rings. The molecule has 4 unspecified atom stereocenters. The van der Waals surface area contributed by atoms with Crippen LogP contribution in [0.1, 0.15) is 65.2 Å². The van der Waals surface area contributed by atoms with Crippen LogP contribution < -0.4 is 5.32 Å². The SMILES string of the molecule is CC1=C(CN2CCN(C(=O)C3CCCC3)C(C)C2)C(F)=CCC1NC(=O)C1C2CCCC21. The Morgan fingerprint density at radius 1 is 1.09 bits per heavy atom. The third-order valence-electron chi connectivity index (χ3n) is 8.93. The zero-order valence-electron chi connectivity index (χ0n) is 19.6. The summed E-state index contributed by atoms with van der Waals surface area (Å²) in [6.07, 6.45) is 10.2. The summed E-state index contributed by atoms with van der Waals surface area (Å²) in [4.78, 5) is 30.0. The van der Waals surface area contributed by atoms with Gasteiger partial charge in [-0.25, -0.2) is 4.39 Å². The van der Waals surface area contributed by atoms with Crippen molar-refractivity contribution < 1.29 is 14.0 Å². The maximum absolute atomic E-state index is 14.8. The molecule has 0 aromatic heterocycles. The Morgan fingerprint density at radius 3 is 2.50 bits per heavy atom. The van der Waals surface area contributed by atoms with E-state index in [2.05, 4.69) is 22.0 Å². The first-order valence-corrected chi connectivity index (χ1v) is 12.8. The summed E-state index contributed by atoms with van der Waals surface area (Å²) < 4.78 is 14.8. The molecule has 0 aromatic rings. The van der Waals surface area contributed by atoms with Crippen LogP contribution in [0.25, 0.3) is 0 Å². The number of carbonyl (C=O) groups is 2. The highest BCUT2D eigenvalue weighted by molar-refractivity contribution is 5.83. The Kier molecular flexibility index (Phi) is 6.17. The molecule has 176 valence electrons. The fraction of sp³-hybridized carbons (Fsp3) is 0.769. The number of piperazine rings is 1. The molecule has 5 nitrogen and oxygen atoms in total. The first-order valence-electron chi connectivity index (χ1n) is 12.8. The Balaban J connectivity index is 1.19. The molecule has 1 aliphatic heterocycles. The van der Waals surface area contributed by atoms with Crippen LogP contribution in [0.2, 0.25) is 0 Å². The lowest BCUT2D eigenvalue weighted by atomic mass is 9.92. The smallest absolute Gasteiger partial charge is 0.226 e. The topological polar surface area (TPSA) is 52.6 Å². The van der Waals surface area contributed by atoms with Gasteiger partial charge >= 0.3 is 0 Å². The lowest BCUT2D eigenvalue weighted by Crippen LogP contribution is -2.55. The molecule has 4 fully saturated rings. The van der Waals surface area contributed by atoms with Gasteiger partial charge in [-0.05, 0) is 69.4 Å². The maximum Gasteiger partial charge on any atom is 0.226 e. The summed E-state index contributed by atoms with van der Waals surface area (Å²) >= 11 is 0. The van der Waals surface area contributed by atoms with E-state index < -0.39 is 0 Å². The highest BCUT2D eigenvalue weighted by Gasteiger charge is 2.56. The molecule has 32 heavy (non-hydrogen) atoms. The largest absolute Gasteiger partial charge is 0.349 e. The standard InChI is InChI=1S/C26H38FN3O2/c1-16-14-29(12-13-30(16)26(32)18-6-3-4-7-18)15-21-17(2)23(11-10-22(21)27)28-25(31)24-19-8-5-9-20(19)24/h10,16,18-20,23-24H,3-9,11-15H2,1-2H3,(H,28,31). The van der Waals surface area contributed by atoms with Crippen molar-refractivity contribution in [3.05, 3.63) is 23.0 Å². The van der Waals surface area contributed by atoms with Gasteiger partial charge in [0.15, 0.2) is 0 Å². The second-order valence-corrected chi connectivity index (χ2v) is 10.9. The number of halogens is 1. The van der Waals surface area contributed by atoms with E-state index in [0.717, 1.165) is 43.6 Å². The first kappa shape index (κ1) is 22.1. The lowest BCUT2D eigenvalue weighted by molar-refractivity contribution is -0.139. The lowest BCUT2D eigenvalue weighted by Gasteiger charge is -2.41. The van der Waals surface area contributed by atoms with Gasteiger partial charge in [0.25, 0.3) is 0 Å². The molecule has 1 saturated heterocycles. The van der Waals surface area contributed by atoms with Crippen LogP contribution in [0, 0.1) is 23.7 Å². The van der Waals surface area contributed by atoms with Gasteiger partial charge < -0.3 is 10.2 Å². The van der Waals surface area contributed by atoms with Gasteiger partial charge in [0.2, 0.25) is 11.8 Å². The third-order valence-corrected chi connectivity index (χ3v) is 8.93. The van der Waals surface area contributed by atoms with Crippen LogP contribution in [-0.4, -0.2) is 59.9 Å². The number of nitrogens with one attached hydrogen (secondary N) is 1. The summed E-state index contributed by atoms with van der Waals surface area (Å²) in [5, 5.41) is 3.23. The van der Waals surface area contributed by atoms with E-state index in [9.17, 15) is 14.0 Å². The van der Waals surface area contributed by atoms with Gasteiger partial charge in [0.1, 0.15) is 5.83 Å². The van der Waals surface area contributed by atoms with Crippen molar-refractivity contribution in [2.24, 2.45) is 23.7 Å². The van der Waals surface area contributed by atoms with E-state index in [1.165, 1.54) is 32.1 Å². The van der Waals surface area contributed by atoms with Gasteiger partial charge in [-0.2, -0.15) is 0 Å². The van der Waals surface area contributed by atoms with Crippen molar-refractivity contribution in [1.29, 1.82) is 0 Å². The average molecular weight is 444 g/mol. The summed E-state index contributed by atoms with van der Waals surface area (Å²) in [6, 6.07) is 0.0548. The highest BCUT2D eigenvalue weighted by Crippen LogP contribution is 2.57. The van der Waals surface area contributed by atoms with Crippen molar-refractivity contribution in [2.45, 2.75) is 77.3 Å². The number of rotatable bonds is 5. The Labute approximate surface area is 191 Å². The van der Waals surface area contributed by atoms with E-state index in [4.69, 9.17) is 0 Å². The van der Waals surface area contributed by atoms with Crippen molar-refractivity contribution in [2.75, 3.05) is 26.2 Å². The number of amides is 2. The van der Waals surface area contributed by atoms with Gasteiger partial charge in [-0.1, -0.05) is 19.3 Å². The minimum Gasteiger partial charge on any atom is -0.349 e. The van der Waals surface area contributed by atoms with Crippen LogP contribution in [-0.2, 0) is 9.59 Å². The molecule has 1 N–H and O–H groups in total. The van der Waals surface area contributed by atoms with Crippen LogP contribution in [0.3, 0.4) is 0 Å². The van der Waals surface area contributed by atoms with Gasteiger partial charge in [0.05, 0.1) is 6.04 Å². The number of carbonyl (C=O) groups excluding carboxylic acids is 2. The van der Waals surface area contributed by atoms with Gasteiger partial charge in [0, 0.05) is 49.6 Å². The number of nitrogens with zero attached hydrogens (tertiary/aromatic N) is 2. The van der Waals surface area contributed by atoms with Crippen LogP contribution >= 0.6 is 0 Å². The molecule has 3 saturated carbocycles.